The molecule has 1 unspecified atom stereocenters. The zero-order valence-corrected chi connectivity index (χ0v) is 12.4. The molecule has 0 amide bonds. The second-order valence-electron chi connectivity index (χ2n) is 5.74. The Balaban J connectivity index is 1.67. The highest BCUT2D eigenvalue weighted by Gasteiger charge is 2.21. The van der Waals surface area contributed by atoms with Crippen LogP contribution in [-0.2, 0) is 0 Å². The third kappa shape index (κ3) is 2.44. The van der Waals surface area contributed by atoms with Gasteiger partial charge in [0.25, 0.3) is 0 Å². The van der Waals surface area contributed by atoms with Crippen LogP contribution in [0.25, 0.3) is 10.8 Å². The largest absolute Gasteiger partial charge is 0.368 e. The van der Waals surface area contributed by atoms with Crippen molar-refractivity contribution in [3.63, 3.8) is 0 Å². The molecular formula is C19H19N3. The zero-order valence-electron chi connectivity index (χ0n) is 12.4. The number of hydrogen-bond acceptors (Lipinski definition) is 3. The van der Waals surface area contributed by atoms with E-state index in [1.165, 1.54) is 22.0 Å². The van der Waals surface area contributed by atoms with E-state index in [0.29, 0.717) is 6.04 Å². The fourth-order valence-electron chi connectivity index (χ4n) is 3.26. The van der Waals surface area contributed by atoms with E-state index in [1.54, 1.807) is 0 Å². The molecule has 0 saturated carbocycles. The quantitative estimate of drug-likeness (QED) is 0.784. The molecule has 1 N–H and O–H groups in total. The van der Waals surface area contributed by atoms with Crippen LogP contribution in [0.2, 0.25) is 0 Å². The molecule has 110 valence electrons. The molecule has 1 fully saturated rings. The lowest BCUT2D eigenvalue weighted by Crippen LogP contribution is -2.45. The van der Waals surface area contributed by atoms with Crippen LogP contribution in [-0.4, -0.2) is 24.6 Å². The van der Waals surface area contributed by atoms with Gasteiger partial charge < -0.3 is 10.2 Å². The van der Waals surface area contributed by atoms with Crippen LogP contribution in [0.1, 0.15) is 11.6 Å². The van der Waals surface area contributed by atoms with Gasteiger partial charge in [-0.25, -0.2) is 0 Å². The van der Waals surface area contributed by atoms with Crippen LogP contribution < -0.4 is 10.2 Å². The number of pyridine rings is 1. The van der Waals surface area contributed by atoms with Crippen molar-refractivity contribution in [2.75, 3.05) is 24.5 Å². The summed E-state index contributed by atoms with van der Waals surface area (Å²) in [4.78, 5) is 6.71. The van der Waals surface area contributed by atoms with Crippen LogP contribution >= 0.6 is 0 Å². The van der Waals surface area contributed by atoms with Crippen molar-refractivity contribution in [3.05, 3.63) is 72.6 Å². The molecule has 0 spiro atoms. The molecule has 2 aromatic carbocycles. The third-order valence-electron chi connectivity index (χ3n) is 4.38. The van der Waals surface area contributed by atoms with Crippen LogP contribution in [0.5, 0.6) is 0 Å². The number of nitrogens with zero attached hydrogens (tertiary/aromatic N) is 2. The van der Waals surface area contributed by atoms with E-state index < -0.39 is 0 Å². The molecule has 1 atom stereocenters. The summed E-state index contributed by atoms with van der Waals surface area (Å²) in [6.45, 7) is 3.03. The van der Waals surface area contributed by atoms with Crippen LogP contribution in [0.4, 0.5) is 5.69 Å². The maximum Gasteiger partial charge on any atom is 0.0498 e. The van der Waals surface area contributed by atoms with Gasteiger partial charge in [-0.05, 0) is 17.7 Å². The molecule has 3 heteroatoms. The van der Waals surface area contributed by atoms with Gasteiger partial charge in [0.1, 0.15) is 0 Å². The third-order valence-corrected chi connectivity index (χ3v) is 4.38. The Bertz CT molecular complexity index is 764. The minimum Gasteiger partial charge on any atom is -0.368 e. The van der Waals surface area contributed by atoms with E-state index in [4.69, 9.17) is 0 Å². The van der Waals surface area contributed by atoms with Crippen LogP contribution in [0.15, 0.2) is 67.0 Å². The molecule has 1 saturated heterocycles. The Labute approximate surface area is 130 Å². The first-order chi connectivity index (χ1) is 10.9. The molecule has 2 heterocycles. The molecule has 0 aliphatic carbocycles. The number of piperazine rings is 1. The SMILES string of the molecule is c1ccc(C2CN(c3cccc4cnccc34)CCN2)cc1. The summed E-state index contributed by atoms with van der Waals surface area (Å²) in [5.74, 6) is 0. The fraction of sp³-hybridized carbons (Fsp3) is 0.211. The summed E-state index contributed by atoms with van der Waals surface area (Å²) in [7, 11) is 0. The average Bonchev–Trinajstić information content (AvgIpc) is 2.62. The predicted octanol–water partition coefficient (Wildman–Crippen LogP) is 3.39. The van der Waals surface area contributed by atoms with Crippen molar-refractivity contribution in [2.45, 2.75) is 6.04 Å². The second kappa shape index (κ2) is 5.78. The molecule has 1 aliphatic rings. The first-order valence-electron chi connectivity index (χ1n) is 7.78. The molecule has 4 rings (SSSR count). The number of hydrogen-bond donors (Lipinski definition) is 1. The van der Waals surface area contributed by atoms with Gasteiger partial charge >= 0.3 is 0 Å². The van der Waals surface area contributed by atoms with Crippen LogP contribution in [0.3, 0.4) is 0 Å². The smallest absolute Gasteiger partial charge is 0.0498 e. The summed E-state index contributed by atoms with van der Waals surface area (Å²) < 4.78 is 0. The van der Waals surface area contributed by atoms with Gasteiger partial charge in [0.2, 0.25) is 0 Å². The summed E-state index contributed by atoms with van der Waals surface area (Å²) in [5.41, 5.74) is 2.66. The van der Waals surface area contributed by atoms with Crippen LogP contribution in [0, 0.1) is 0 Å². The van der Waals surface area contributed by atoms with Gasteiger partial charge in [-0.3, -0.25) is 4.98 Å². The number of nitrogens with one attached hydrogen (secondary N) is 1. The molecule has 22 heavy (non-hydrogen) atoms. The van der Waals surface area contributed by atoms with E-state index in [0.717, 1.165) is 19.6 Å². The number of anilines is 1. The lowest BCUT2D eigenvalue weighted by atomic mass is 10.0. The number of fused-ring (bicyclic) bond motifs is 1. The summed E-state index contributed by atoms with van der Waals surface area (Å²) >= 11 is 0. The maximum absolute atomic E-state index is 4.23. The summed E-state index contributed by atoms with van der Waals surface area (Å²) in [5, 5.41) is 6.12. The Morgan fingerprint density at radius 3 is 2.82 bits per heavy atom. The van der Waals surface area contributed by atoms with Crippen molar-refractivity contribution in [1.29, 1.82) is 0 Å². The van der Waals surface area contributed by atoms with Crippen molar-refractivity contribution in [2.24, 2.45) is 0 Å². The number of rotatable bonds is 2. The Morgan fingerprint density at radius 2 is 1.91 bits per heavy atom. The molecule has 1 aromatic heterocycles. The highest BCUT2D eigenvalue weighted by atomic mass is 15.2. The van der Waals surface area contributed by atoms with Crippen molar-refractivity contribution >= 4 is 16.5 Å². The average molecular weight is 289 g/mol. The van der Waals surface area contributed by atoms with Gasteiger partial charge in [0, 0.05) is 54.5 Å². The first kappa shape index (κ1) is 13.3. The second-order valence-corrected chi connectivity index (χ2v) is 5.74. The zero-order chi connectivity index (χ0) is 14.8. The molecule has 1 aliphatic heterocycles. The lowest BCUT2D eigenvalue weighted by Gasteiger charge is -2.36. The van der Waals surface area contributed by atoms with E-state index in [2.05, 4.69) is 69.8 Å². The van der Waals surface area contributed by atoms with Gasteiger partial charge in [-0.1, -0.05) is 42.5 Å². The monoisotopic (exact) mass is 289 g/mol. The van der Waals surface area contributed by atoms with E-state index >= 15 is 0 Å². The van der Waals surface area contributed by atoms with E-state index in [-0.39, 0.29) is 0 Å². The number of aromatic nitrogens is 1. The predicted molar refractivity (Wildman–Crippen MR) is 91.1 cm³/mol. The lowest BCUT2D eigenvalue weighted by molar-refractivity contribution is 0.472. The molecule has 3 aromatic rings. The van der Waals surface area contributed by atoms with Gasteiger partial charge in [0.15, 0.2) is 0 Å². The standard InChI is InChI=1S/C19H19N3/c1-2-5-15(6-3-1)18-14-22(12-11-21-18)19-8-4-7-16-13-20-10-9-17(16)19/h1-10,13,18,21H,11-12,14H2. The fourth-order valence-corrected chi connectivity index (χ4v) is 3.26. The molecular weight excluding hydrogens is 270 g/mol. The number of benzene rings is 2. The minimum atomic E-state index is 0.382. The first-order valence-corrected chi connectivity index (χ1v) is 7.78. The molecule has 0 radical (unpaired) electrons. The Kier molecular flexibility index (Phi) is 3.49. The molecule has 3 nitrogen and oxygen atoms in total. The topological polar surface area (TPSA) is 28.2 Å². The summed E-state index contributed by atoms with van der Waals surface area (Å²) in [6, 6.07) is 19.7. The maximum atomic E-state index is 4.23. The minimum absolute atomic E-state index is 0.382. The van der Waals surface area contributed by atoms with Crippen molar-refractivity contribution in [3.8, 4) is 0 Å². The highest BCUT2D eigenvalue weighted by molar-refractivity contribution is 5.93. The van der Waals surface area contributed by atoms with E-state index in [1.807, 2.05) is 12.4 Å². The van der Waals surface area contributed by atoms with Gasteiger partial charge in [-0.2, -0.15) is 0 Å². The summed E-state index contributed by atoms with van der Waals surface area (Å²) in [6.07, 6.45) is 3.82. The Morgan fingerprint density at radius 1 is 1.00 bits per heavy atom. The van der Waals surface area contributed by atoms with Crippen molar-refractivity contribution < 1.29 is 0 Å². The van der Waals surface area contributed by atoms with Gasteiger partial charge in [-0.15, -0.1) is 0 Å². The Hall–Kier alpha value is -2.39. The van der Waals surface area contributed by atoms with Crippen molar-refractivity contribution in [1.82, 2.24) is 10.3 Å². The van der Waals surface area contributed by atoms with Gasteiger partial charge in [0.05, 0.1) is 0 Å². The highest BCUT2D eigenvalue weighted by Crippen LogP contribution is 2.29. The normalized spacial score (nSPS) is 18.5. The molecule has 0 bridgehead atoms. The van der Waals surface area contributed by atoms with E-state index in [9.17, 15) is 0 Å².